The van der Waals surface area contributed by atoms with Crippen molar-refractivity contribution < 1.29 is 5.11 Å². The maximum absolute atomic E-state index is 9.31. The van der Waals surface area contributed by atoms with Crippen LogP contribution in [0, 0.1) is 0 Å². The molecule has 3 rings (SSSR count). The molecule has 3 heterocycles. The summed E-state index contributed by atoms with van der Waals surface area (Å²) in [6, 6.07) is 2.01. The van der Waals surface area contributed by atoms with E-state index in [1.807, 2.05) is 16.0 Å². The van der Waals surface area contributed by atoms with Crippen molar-refractivity contribution in [2.45, 2.75) is 36.7 Å². The van der Waals surface area contributed by atoms with Crippen LogP contribution < -0.4 is 0 Å². The number of hydrogen-bond acceptors (Lipinski definition) is 7. The van der Waals surface area contributed by atoms with Gasteiger partial charge in [-0.3, -0.25) is 0 Å². The van der Waals surface area contributed by atoms with Gasteiger partial charge in [-0.25, -0.2) is 9.97 Å². The van der Waals surface area contributed by atoms with Gasteiger partial charge in [0.1, 0.15) is 22.8 Å². The summed E-state index contributed by atoms with van der Waals surface area (Å²) >= 11 is 3.05. The number of aliphatic hydroxyl groups excluding tert-OH is 1. The normalized spacial score (nSPS) is 11.3. The van der Waals surface area contributed by atoms with Crippen molar-refractivity contribution in [2.24, 2.45) is 0 Å². The van der Waals surface area contributed by atoms with Crippen molar-refractivity contribution in [3.63, 3.8) is 0 Å². The fourth-order valence-corrected chi connectivity index (χ4v) is 3.63. The molecule has 104 valence electrons. The molecule has 0 saturated heterocycles. The van der Waals surface area contributed by atoms with Crippen LogP contribution in [-0.4, -0.2) is 29.8 Å². The van der Waals surface area contributed by atoms with Crippen molar-refractivity contribution >= 4 is 33.3 Å². The highest BCUT2D eigenvalue weighted by atomic mass is 32.2. The first-order valence-electron chi connectivity index (χ1n) is 6.22. The van der Waals surface area contributed by atoms with Crippen LogP contribution >= 0.6 is 23.1 Å². The second kappa shape index (κ2) is 5.86. The van der Waals surface area contributed by atoms with Crippen LogP contribution in [0.4, 0.5) is 0 Å². The molecule has 0 saturated carbocycles. The second-order valence-electron chi connectivity index (χ2n) is 4.13. The summed E-state index contributed by atoms with van der Waals surface area (Å²) in [5.41, 5.74) is 0. The molecule has 0 fully saturated rings. The maximum Gasteiger partial charge on any atom is 0.197 e. The summed E-state index contributed by atoms with van der Waals surface area (Å²) in [6.45, 7) is 2.76. The van der Waals surface area contributed by atoms with Crippen LogP contribution in [0.5, 0.6) is 0 Å². The molecule has 1 N–H and O–H groups in total. The van der Waals surface area contributed by atoms with Gasteiger partial charge in [-0.05, 0) is 29.6 Å². The largest absolute Gasteiger partial charge is 0.388 e. The van der Waals surface area contributed by atoms with E-state index in [4.69, 9.17) is 0 Å². The van der Waals surface area contributed by atoms with Crippen LogP contribution in [-0.2, 0) is 13.2 Å². The van der Waals surface area contributed by atoms with Gasteiger partial charge < -0.3 is 9.67 Å². The molecule has 8 heteroatoms. The molecule has 0 unspecified atom stereocenters. The zero-order valence-electron chi connectivity index (χ0n) is 10.9. The van der Waals surface area contributed by atoms with Crippen LogP contribution in [0.1, 0.15) is 19.2 Å². The number of fused-ring (bicyclic) bond motifs is 1. The van der Waals surface area contributed by atoms with Gasteiger partial charge in [0.25, 0.3) is 0 Å². The van der Waals surface area contributed by atoms with Crippen molar-refractivity contribution in [2.75, 3.05) is 0 Å². The van der Waals surface area contributed by atoms with Gasteiger partial charge in [-0.2, -0.15) is 0 Å². The van der Waals surface area contributed by atoms with E-state index in [0.29, 0.717) is 5.82 Å². The monoisotopic (exact) mass is 307 g/mol. The highest BCUT2D eigenvalue weighted by Crippen LogP contribution is 2.32. The SMILES string of the molecule is CCCn1c(CO)nnc1Sc1ncnc2sccc12. The molecule has 6 nitrogen and oxygen atoms in total. The Hall–Kier alpha value is -1.51. The number of thiophene rings is 1. The van der Waals surface area contributed by atoms with Gasteiger partial charge in [0.05, 0.1) is 0 Å². The smallest absolute Gasteiger partial charge is 0.197 e. The lowest BCUT2D eigenvalue weighted by Crippen LogP contribution is -2.04. The van der Waals surface area contributed by atoms with Gasteiger partial charge in [-0.1, -0.05) is 6.92 Å². The van der Waals surface area contributed by atoms with E-state index in [1.165, 1.54) is 11.8 Å². The molecule has 3 aromatic heterocycles. The third-order valence-corrected chi connectivity index (χ3v) is 4.62. The molecule has 0 aliphatic carbocycles. The van der Waals surface area contributed by atoms with Crippen molar-refractivity contribution in [3.8, 4) is 0 Å². The van der Waals surface area contributed by atoms with Crippen LogP contribution in [0.3, 0.4) is 0 Å². The Morgan fingerprint density at radius 3 is 3.05 bits per heavy atom. The standard InChI is InChI=1S/C12H13N5OS2/c1-2-4-17-9(6-18)15-16-12(17)20-11-8-3-5-19-10(8)13-7-14-11/h3,5,7,18H,2,4,6H2,1H3. The third-order valence-electron chi connectivity index (χ3n) is 2.80. The number of hydrogen-bond donors (Lipinski definition) is 1. The molecule has 20 heavy (non-hydrogen) atoms. The van der Waals surface area contributed by atoms with Crippen molar-refractivity contribution in [1.82, 2.24) is 24.7 Å². The molecule has 0 bridgehead atoms. The Labute approximate surface area is 123 Å². The number of rotatable bonds is 5. The summed E-state index contributed by atoms with van der Waals surface area (Å²) in [7, 11) is 0. The summed E-state index contributed by atoms with van der Waals surface area (Å²) in [5.74, 6) is 0.588. The molecule has 0 aromatic carbocycles. The highest BCUT2D eigenvalue weighted by molar-refractivity contribution is 7.99. The second-order valence-corrected chi connectivity index (χ2v) is 5.98. The first kappa shape index (κ1) is 13.5. The molecule has 0 spiro atoms. The highest BCUT2D eigenvalue weighted by Gasteiger charge is 2.14. The van der Waals surface area contributed by atoms with Crippen LogP contribution in [0.15, 0.2) is 28.0 Å². The van der Waals surface area contributed by atoms with Gasteiger partial charge in [0, 0.05) is 11.9 Å². The molecule has 0 atom stereocenters. The number of aliphatic hydroxyl groups is 1. The minimum Gasteiger partial charge on any atom is -0.388 e. The predicted molar refractivity (Wildman–Crippen MR) is 77.8 cm³/mol. The fourth-order valence-electron chi connectivity index (χ4n) is 1.89. The molecular weight excluding hydrogens is 294 g/mol. The van der Waals surface area contributed by atoms with E-state index < -0.39 is 0 Å². The van der Waals surface area contributed by atoms with Gasteiger partial charge in [0.15, 0.2) is 11.0 Å². The lowest BCUT2D eigenvalue weighted by atomic mass is 10.4. The lowest BCUT2D eigenvalue weighted by molar-refractivity contribution is 0.263. The topological polar surface area (TPSA) is 76.7 Å². The molecule has 0 amide bonds. The Morgan fingerprint density at radius 2 is 2.25 bits per heavy atom. The Bertz CT molecular complexity index is 724. The molecule has 3 aromatic rings. The molecular formula is C12H13N5OS2. The van der Waals surface area contributed by atoms with Crippen molar-refractivity contribution in [3.05, 3.63) is 23.6 Å². The lowest BCUT2D eigenvalue weighted by Gasteiger charge is -2.07. The minimum absolute atomic E-state index is 0.106. The average molecular weight is 307 g/mol. The zero-order valence-corrected chi connectivity index (χ0v) is 12.5. The van der Waals surface area contributed by atoms with E-state index >= 15 is 0 Å². The fraction of sp³-hybridized carbons (Fsp3) is 0.333. The van der Waals surface area contributed by atoms with Crippen LogP contribution in [0.2, 0.25) is 0 Å². The third kappa shape index (κ3) is 2.41. The van der Waals surface area contributed by atoms with Crippen molar-refractivity contribution in [1.29, 1.82) is 0 Å². The van der Waals surface area contributed by atoms with E-state index in [9.17, 15) is 5.11 Å². The summed E-state index contributed by atoms with van der Waals surface area (Å²) in [4.78, 5) is 9.52. The van der Waals surface area contributed by atoms with E-state index in [-0.39, 0.29) is 6.61 Å². The maximum atomic E-state index is 9.31. The zero-order chi connectivity index (χ0) is 13.9. The molecule has 0 radical (unpaired) electrons. The van der Waals surface area contributed by atoms with Gasteiger partial charge in [0.2, 0.25) is 0 Å². The number of aromatic nitrogens is 5. The molecule has 0 aliphatic rings. The Kier molecular flexibility index (Phi) is 3.95. The predicted octanol–water partition coefficient (Wildman–Crippen LogP) is 2.34. The summed E-state index contributed by atoms with van der Waals surface area (Å²) in [6.07, 6.45) is 2.52. The Morgan fingerprint density at radius 1 is 1.35 bits per heavy atom. The summed E-state index contributed by atoms with van der Waals surface area (Å²) in [5, 5.41) is 22.1. The first-order valence-corrected chi connectivity index (χ1v) is 7.92. The van der Waals surface area contributed by atoms with E-state index in [2.05, 4.69) is 27.1 Å². The quantitative estimate of drug-likeness (QED) is 0.729. The van der Waals surface area contributed by atoms with Crippen LogP contribution in [0.25, 0.3) is 10.2 Å². The average Bonchev–Trinajstić information content (AvgIpc) is 3.07. The Balaban J connectivity index is 1.98. The summed E-state index contributed by atoms with van der Waals surface area (Å²) < 4.78 is 1.94. The first-order chi connectivity index (χ1) is 9.83. The van der Waals surface area contributed by atoms with Gasteiger partial charge in [-0.15, -0.1) is 21.5 Å². The van der Waals surface area contributed by atoms with E-state index in [0.717, 1.165) is 33.4 Å². The number of nitrogens with zero attached hydrogens (tertiary/aromatic N) is 5. The van der Waals surface area contributed by atoms with E-state index in [1.54, 1.807) is 17.7 Å². The minimum atomic E-state index is -0.106. The molecule has 0 aliphatic heterocycles. The van der Waals surface area contributed by atoms with Gasteiger partial charge >= 0.3 is 0 Å².